The second-order valence-corrected chi connectivity index (χ2v) is 8.08. The molecule has 8 heteroatoms. The Balaban J connectivity index is 1.42. The summed E-state index contributed by atoms with van der Waals surface area (Å²) >= 11 is 0. The monoisotopic (exact) mass is 436 g/mol. The highest BCUT2D eigenvalue weighted by Crippen LogP contribution is 2.53. The molecule has 8 nitrogen and oxygen atoms in total. The maximum atomic E-state index is 13.5. The zero-order valence-corrected chi connectivity index (χ0v) is 18.0. The largest absolute Gasteiger partial charge is 0.497 e. The third kappa shape index (κ3) is 3.02. The molecule has 2 aromatic carbocycles. The van der Waals surface area contributed by atoms with E-state index in [4.69, 9.17) is 18.9 Å². The van der Waals surface area contributed by atoms with Crippen LogP contribution in [-0.4, -0.2) is 51.4 Å². The van der Waals surface area contributed by atoms with Gasteiger partial charge in [0.15, 0.2) is 0 Å². The Morgan fingerprint density at radius 2 is 1.88 bits per heavy atom. The van der Waals surface area contributed by atoms with E-state index in [1.165, 1.54) is 7.11 Å². The van der Waals surface area contributed by atoms with E-state index in [0.29, 0.717) is 29.5 Å². The Morgan fingerprint density at radius 1 is 1.09 bits per heavy atom. The minimum atomic E-state index is -0.809. The summed E-state index contributed by atoms with van der Waals surface area (Å²) < 4.78 is 22.1. The Morgan fingerprint density at radius 3 is 2.62 bits per heavy atom. The second kappa shape index (κ2) is 7.56. The van der Waals surface area contributed by atoms with Gasteiger partial charge in [0.2, 0.25) is 11.8 Å². The molecule has 2 fully saturated rings. The third-order valence-corrected chi connectivity index (χ3v) is 6.43. The average Bonchev–Trinajstić information content (AvgIpc) is 3.47. The summed E-state index contributed by atoms with van der Waals surface area (Å²) in [5, 5.41) is 2.92. The molecular formula is C24H24N2O6. The lowest BCUT2D eigenvalue weighted by Crippen LogP contribution is -2.41. The van der Waals surface area contributed by atoms with E-state index in [0.717, 1.165) is 5.69 Å². The number of rotatable bonds is 6. The lowest BCUT2D eigenvalue weighted by molar-refractivity contribution is -0.128. The lowest BCUT2D eigenvalue weighted by atomic mass is 9.76. The maximum Gasteiger partial charge on any atom is 0.234 e. The number of carbonyl (C=O) groups excluding carboxylic acids is 2. The van der Waals surface area contributed by atoms with Gasteiger partial charge in [-0.3, -0.25) is 9.59 Å². The fourth-order valence-corrected chi connectivity index (χ4v) is 4.91. The summed E-state index contributed by atoms with van der Waals surface area (Å²) in [6, 6.07) is 12.5. The first kappa shape index (κ1) is 20.4. The number of carbonyl (C=O) groups is 2. The normalized spacial score (nSPS) is 27.4. The highest BCUT2D eigenvalue weighted by Gasteiger charge is 2.67. The van der Waals surface area contributed by atoms with Gasteiger partial charge in [-0.05, 0) is 24.3 Å². The SMILES string of the molecule is COc1cccc(N2C[C@]34C=C[C@@H](O3)[C@@H](C(=O)Nc3ccc(OC)cc3OC)[C@@H]4C2=O)c1. The van der Waals surface area contributed by atoms with Crippen molar-refractivity contribution in [1.82, 2.24) is 0 Å². The first-order chi connectivity index (χ1) is 15.5. The molecule has 3 aliphatic rings. The smallest absolute Gasteiger partial charge is 0.234 e. The summed E-state index contributed by atoms with van der Waals surface area (Å²) in [4.78, 5) is 28.5. The number of nitrogens with one attached hydrogen (secondary N) is 1. The zero-order valence-electron chi connectivity index (χ0n) is 18.0. The van der Waals surface area contributed by atoms with Crippen molar-refractivity contribution in [2.75, 3.05) is 38.1 Å². The van der Waals surface area contributed by atoms with Crippen LogP contribution in [0, 0.1) is 11.8 Å². The molecule has 0 aliphatic carbocycles. The van der Waals surface area contributed by atoms with E-state index in [2.05, 4.69) is 5.32 Å². The van der Waals surface area contributed by atoms with Crippen LogP contribution in [0.4, 0.5) is 11.4 Å². The second-order valence-electron chi connectivity index (χ2n) is 8.08. The molecule has 3 aliphatic heterocycles. The lowest BCUT2D eigenvalue weighted by Gasteiger charge is -2.24. The van der Waals surface area contributed by atoms with Crippen LogP contribution in [0.25, 0.3) is 0 Å². The van der Waals surface area contributed by atoms with Gasteiger partial charge in [0.05, 0.1) is 51.5 Å². The van der Waals surface area contributed by atoms with Crippen molar-refractivity contribution < 1.29 is 28.5 Å². The van der Waals surface area contributed by atoms with Gasteiger partial charge in [0, 0.05) is 17.8 Å². The molecule has 3 heterocycles. The van der Waals surface area contributed by atoms with Gasteiger partial charge in [0.1, 0.15) is 22.8 Å². The van der Waals surface area contributed by atoms with Crippen LogP contribution < -0.4 is 24.4 Å². The highest BCUT2D eigenvalue weighted by atomic mass is 16.5. The van der Waals surface area contributed by atoms with Crippen molar-refractivity contribution >= 4 is 23.2 Å². The van der Waals surface area contributed by atoms with E-state index in [1.54, 1.807) is 37.3 Å². The summed E-state index contributed by atoms with van der Waals surface area (Å²) in [6.07, 6.45) is 3.37. The molecule has 166 valence electrons. The Kier molecular flexibility index (Phi) is 4.82. The zero-order chi connectivity index (χ0) is 22.5. The van der Waals surface area contributed by atoms with Crippen molar-refractivity contribution in [3.8, 4) is 17.2 Å². The molecule has 4 atom stereocenters. The first-order valence-electron chi connectivity index (χ1n) is 10.3. The number of ether oxygens (including phenoxy) is 4. The van der Waals surface area contributed by atoms with Crippen LogP contribution in [0.1, 0.15) is 0 Å². The Hall–Kier alpha value is -3.52. The van der Waals surface area contributed by atoms with Crippen molar-refractivity contribution in [3.63, 3.8) is 0 Å². The third-order valence-electron chi connectivity index (χ3n) is 6.43. The van der Waals surface area contributed by atoms with Gasteiger partial charge in [-0.15, -0.1) is 0 Å². The predicted molar refractivity (Wildman–Crippen MR) is 117 cm³/mol. The standard InChI is InChI=1S/C24H24N2O6/c1-29-15-6-4-5-14(11-15)26-13-24-10-9-18(32-24)20(21(24)23(26)28)22(27)25-17-8-7-16(30-2)12-19(17)31-3/h4-12,18,20-21H,13H2,1-3H3,(H,25,27)/t18-,20-,21-,24+/m1/s1. The van der Waals surface area contributed by atoms with Crippen molar-refractivity contribution in [1.29, 1.82) is 0 Å². The number of hydrogen-bond acceptors (Lipinski definition) is 6. The van der Waals surface area contributed by atoms with Crippen molar-refractivity contribution in [3.05, 3.63) is 54.6 Å². The van der Waals surface area contributed by atoms with Gasteiger partial charge in [0.25, 0.3) is 0 Å². The number of methoxy groups -OCH3 is 3. The number of anilines is 2. The first-order valence-corrected chi connectivity index (χ1v) is 10.3. The summed E-state index contributed by atoms with van der Waals surface area (Å²) in [5.74, 6) is 0.0875. The van der Waals surface area contributed by atoms with Crippen molar-refractivity contribution in [2.24, 2.45) is 11.8 Å². The molecule has 1 spiro atoms. The molecule has 0 aromatic heterocycles. The van der Waals surface area contributed by atoms with Gasteiger partial charge in [-0.25, -0.2) is 0 Å². The molecule has 2 amide bonds. The minimum absolute atomic E-state index is 0.132. The number of amides is 2. The fourth-order valence-electron chi connectivity index (χ4n) is 4.91. The Bertz CT molecular complexity index is 1120. The van der Waals surface area contributed by atoms with Crippen LogP contribution in [0.2, 0.25) is 0 Å². The molecule has 32 heavy (non-hydrogen) atoms. The molecule has 5 rings (SSSR count). The molecule has 2 aromatic rings. The van der Waals surface area contributed by atoms with Crippen LogP contribution in [-0.2, 0) is 14.3 Å². The number of hydrogen-bond donors (Lipinski definition) is 1. The van der Waals surface area contributed by atoms with Crippen molar-refractivity contribution in [2.45, 2.75) is 11.7 Å². The molecule has 1 N–H and O–H groups in total. The summed E-state index contributed by atoms with van der Waals surface area (Å²) in [6.45, 7) is 0.353. The Labute approximate surface area is 185 Å². The van der Waals surface area contributed by atoms with Gasteiger partial charge >= 0.3 is 0 Å². The molecule has 2 bridgehead atoms. The van der Waals surface area contributed by atoms with E-state index in [9.17, 15) is 9.59 Å². The molecule has 2 saturated heterocycles. The topological polar surface area (TPSA) is 86.3 Å². The molecule has 0 radical (unpaired) electrons. The average molecular weight is 436 g/mol. The number of fused-ring (bicyclic) bond motifs is 1. The van der Waals surface area contributed by atoms with Crippen LogP contribution in [0.15, 0.2) is 54.6 Å². The summed E-state index contributed by atoms with van der Waals surface area (Å²) in [7, 11) is 4.67. The maximum absolute atomic E-state index is 13.5. The molecule has 0 saturated carbocycles. The molecule has 0 unspecified atom stereocenters. The quantitative estimate of drug-likeness (QED) is 0.701. The van der Waals surface area contributed by atoms with E-state index in [1.807, 2.05) is 36.4 Å². The van der Waals surface area contributed by atoms with Gasteiger partial charge in [-0.1, -0.05) is 18.2 Å². The highest BCUT2D eigenvalue weighted by molar-refractivity contribution is 6.05. The van der Waals surface area contributed by atoms with Crippen LogP contribution >= 0.6 is 0 Å². The van der Waals surface area contributed by atoms with E-state index >= 15 is 0 Å². The predicted octanol–water partition coefficient (Wildman–Crippen LogP) is 2.64. The van der Waals surface area contributed by atoms with E-state index in [-0.39, 0.29) is 11.8 Å². The number of nitrogens with zero attached hydrogens (tertiary/aromatic N) is 1. The fraction of sp³-hybridized carbons (Fsp3) is 0.333. The van der Waals surface area contributed by atoms with Crippen LogP contribution in [0.5, 0.6) is 17.2 Å². The molecular weight excluding hydrogens is 412 g/mol. The minimum Gasteiger partial charge on any atom is -0.497 e. The van der Waals surface area contributed by atoms with Gasteiger partial charge < -0.3 is 29.2 Å². The summed E-state index contributed by atoms with van der Waals surface area (Å²) in [5.41, 5.74) is 0.417. The number of benzene rings is 2. The van der Waals surface area contributed by atoms with E-state index < -0.39 is 23.5 Å². The van der Waals surface area contributed by atoms with Gasteiger partial charge in [-0.2, -0.15) is 0 Å². The van der Waals surface area contributed by atoms with Crippen LogP contribution in [0.3, 0.4) is 0 Å².